The Morgan fingerprint density at radius 2 is 1.93 bits per heavy atom. The maximum Gasteiger partial charge on any atom is 0.0584 e. The van der Waals surface area contributed by atoms with Gasteiger partial charge in [0.15, 0.2) is 0 Å². The van der Waals surface area contributed by atoms with E-state index in [1.807, 2.05) is 24.3 Å². The topological polar surface area (TPSA) is 32.3 Å². The molecule has 0 bridgehead atoms. The van der Waals surface area contributed by atoms with Crippen LogP contribution in [0.4, 0.5) is 0 Å². The average molecular weight is 250 g/mol. The van der Waals surface area contributed by atoms with E-state index in [4.69, 9.17) is 16.7 Å². The van der Waals surface area contributed by atoms with E-state index in [0.29, 0.717) is 0 Å². The Balaban J connectivity index is 0.00000196. The van der Waals surface area contributed by atoms with Gasteiger partial charge in [-0.2, -0.15) is 0 Å². The van der Waals surface area contributed by atoms with Crippen LogP contribution in [-0.4, -0.2) is 17.8 Å². The highest BCUT2D eigenvalue weighted by atomic mass is 35.5. The second kappa shape index (κ2) is 7.94. The zero-order valence-corrected chi connectivity index (χ0v) is 10.3. The van der Waals surface area contributed by atoms with Gasteiger partial charge >= 0.3 is 0 Å². The maximum atomic E-state index is 8.96. The van der Waals surface area contributed by atoms with E-state index >= 15 is 0 Å². The van der Waals surface area contributed by atoms with Crippen LogP contribution in [-0.2, 0) is 6.54 Å². The van der Waals surface area contributed by atoms with Crippen molar-refractivity contribution in [2.75, 3.05) is 6.61 Å². The smallest absolute Gasteiger partial charge is 0.0584 e. The number of nitrogens with one attached hydrogen (secondary N) is 1. The van der Waals surface area contributed by atoms with Gasteiger partial charge in [0.05, 0.1) is 6.61 Å². The van der Waals surface area contributed by atoms with E-state index in [0.717, 1.165) is 18.0 Å². The molecule has 1 aromatic rings. The molecule has 0 heterocycles. The van der Waals surface area contributed by atoms with Crippen LogP contribution in [0.15, 0.2) is 24.3 Å². The number of aliphatic hydroxyl groups excluding tert-OH is 1. The Labute approximate surface area is 102 Å². The van der Waals surface area contributed by atoms with Crippen molar-refractivity contribution in [2.24, 2.45) is 0 Å². The maximum absolute atomic E-state index is 8.96. The van der Waals surface area contributed by atoms with Gasteiger partial charge in [0, 0.05) is 17.6 Å². The van der Waals surface area contributed by atoms with Crippen molar-refractivity contribution in [1.82, 2.24) is 5.32 Å². The van der Waals surface area contributed by atoms with Crippen LogP contribution in [0.1, 0.15) is 18.9 Å². The number of hydrogen-bond donors (Lipinski definition) is 2. The van der Waals surface area contributed by atoms with Crippen molar-refractivity contribution < 1.29 is 5.11 Å². The van der Waals surface area contributed by atoms with E-state index in [2.05, 4.69) is 12.2 Å². The molecule has 0 saturated carbocycles. The van der Waals surface area contributed by atoms with Crippen molar-refractivity contribution >= 4 is 24.0 Å². The molecule has 0 fully saturated rings. The summed E-state index contributed by atoms with van der Waals surface area (Å²) in [5.41, 5.74) is 1.18. The monoisotopic (exact) mass is 249 g/mol. The first-order valence-electron chi connectivity index (χ1n) is 4.85. The SMILES string of the molecule is CCC(CO)NCc1ccc(Cl)cc1.Cl. The molecule has 0 aliphatic rings. The van der Waals surface area contributed by atoms with Gasteiger partial charge in [0.25, 0.3) is 0 Å². The molecule has 0 radical (unpaired) electrons. The quantitative estimate of drug-likeness (QED) is 0.841. The van der Waals surface area contributed by atoms with Crippen molar-refractivity contribution in [3.8, 4) is 0 Å². The van der Waals surface area contributed by atoms with Crippen LogP contribution in [0.25, 0.3) is 0 Å². The van der Waals surface area contributed by atoms with Gasteiger partial charge in [-0.15, -0.1) is 12.4 Å². The minimum Gasteiger partial charge on any atom is -0.395 e. The lowest BCUT2D eigenvalue weighted by atomic mass is 10.2. The van der Waals surface area contributed by atoms with Gasteiger partial charge in [-0.25, -0.2) is 0 Å². The Hall–Kier alpha value is -0.280. The summed E-state index contributed by atoms with van der Waals surface area (Å²) in [5.74, 6) is 0. The van der Waals surface area contributed by atoms with Gasteiger partial charge < -0.3 is 10.4 Å². The van der Waals surface area contributed by atoms with Gasteiger partial charge in [0.2, 0.25) is 0 Å². The van der Waals surface area contributed by atoms with Crippen molar-refractivity contribution in [3.63, 3.8) is 0 Å². The highest BCUT2D eigenvalue weighted by molar-refractivity contribution is 6.30. The molecule has 0 saturated heterocycles. The third-order valence-corrected chi connectivity index (χ3v) is 2.47. The van der Waals surface area contributed by atoms with Crippen molar-refractivity contribution in [1.29, 1.82) is 0 Å². The summed E-state index contributed by atoms with van der Waals surface area (Å²) in [7, 11) is 0. The highest BCUT2D eigenvalue weighted by Gasteiger charge is 2.02. The molecule has 2 N–H and O–H groups in total. The third-order valence-electron chi connectivity index (χ3n) is 2.22. The van der Waals surface area contributed by atoms with Gasteiger partial charge in [-0.05, 0) is 24.1 Å². The molecule has 1 rings (SSSR count). The molecule has 4 heteroatoms. The molecule has 1 atom stereocenters. The number of halogens is 2. The minimum absolute atomic E-state index is 0. The normalized spacial score (nSPS) is 11.9. The molecule has 0 aliphatic heterocycles. The lowest BCUT2D eigenvalue weighted by Crippen LogP contribution is -2.31. The fraction of sp³-hybridized carbons (Fsp3) is 0.455. The number of rotatable bonds is 5. The van der Waals surface area contributed by atoms with Crippen LogP contribution in [0.5, 0.6) is 0 Å². The highest BCUT2D eigenvalue weighted by Crippen LogP contribution is 2.09. The van der Waals surface area contributed by atoms with Crippen LogP contribution in [0.3, 0.4) is 0 Å². The van der Waals surface area contributed by atoms with Gasteiger partial charge in [-0.1, -0.05) is 30.7 Å². The first kappa shape index (κ1) is 14.7. The molecule has 0 aliphatic carbocycles. The Bertz CT molecular complexity index is 260. The average Bonchev–Trinajstić information content (AvgIpc) is 2.22. The molecular weight excluding hydrogens is 233 g/mol. The van der Waals surface area contributed by atoms with Gasteiger partial charge in [0.1, 0.15) is 0 Å². The zero-order chi connectivity index (χ0) is 10.4. The van der Waals surface area contributed by atoms with E-state index in [1.165, 1.54) is 5.56 Å². The van der Waals surface area contributed by atoms with Crippen LogP contribution in [0.2, 0.25) is 5.02 Å². The zero-order valence-electron chi connectivity index (χ0n) is 8.74. The lowest BCUT2D eigenvalue weighted by Gasteiger charge is -2.13. The largest absolute Gasteiger partial charge is 0.395 e. The molecule has 2 nitrogen and oxygen atoms in total. The fourth-order valence-electron chi connectivity index (χ4n) is 1.20. The van der Waals surface area contributed by atoms with Crippen LogP contribution < -0.4 is 5.32 Å². The Morgan fingerprint density at radius 1 is 1.33 bits per heavy atom. The number of hydrogen-bond acceptors (Lipinski definition) is 2. The summed E-state index contributed by atoms with van der Waals surface area (Å²) in [4.78, 5) is 0. The Kier molecular flexibility index (Phi) is 7.79. The predicted molar refractivity (Wildman–Crippen MR) is 66.7 cm³/mol. The molecule has 0 spiro atoms. The second-order valence-corrected chi connectivity index (χ2v) is 3.73. The lowest BCUT2D eigenvalue weighted by molar-refractivity contribution is 0.238. The molecule has 0 amide bonds. The standard InChI is InChI=1S/C11H16ClNO.ClH/c1-2-11(8-14)13-7-9-3-5-10(12)6-4-9;/h3-6,11,13-14H,2,7-8H2,1H3;1H. The number of benzene rings is 1. The molecule has 15 heavy (non-hydrogen) atoms. The second-order valence-electron chi connectivity index (χ2n) is 3.30. The summed E-state index contributed by atoms with van der Waals surface area (Å²) < 4.78 is 0. The summed E-state index contributed by atoms with van der Waals surface area (Å²) in [6.45, 7) is 3.01. The first-order chi connectivity index (χ1) is 6.76. The van der Waals surface area contributed by atoms with Gasteiger partial charge in [-0.3, -0.25) is 0 Å². The first-order valence-corrected chi connectivity index (χ1v) is 5.22. The summed E-state index contributed by atoms with van der Waals surface area (Å²) in [6.07, 6.45) is 0.935. The summed E-state index contributed by atoms with van der Waals surface area (Å²) in [6, 6.07) is 7.90. The van der Waals surface area contributed by atoms with Crippen molar-refractivity contribution in [2.45, 2.75) is 25.9 Å². The van der Waals surface area contributed by atoms with Crippen molar-refractivity contribution in [3.05, 3.63) is 34.9 Å². The predicted octanol–water partition coefficient (Wildman–Crippen LogP) is 2.62. The summed E-state index contributed by atoms with van der Waals surface area (Å²) >= 11 is 5.77. The molecule has 86 valence electrons. The number of aliphatic hydroxyl groups is 1. The van der Waals surface area contributed by atoms with E-state index in [-0.39, 0.29) is 25.1 Å². The molecule has 0 aromatic heterocycles. The molecular formula is C11H17Cl2NO. The molecule has 1 unspecified atom stereocenters. The Morgan fingerprint density at radius 3 is 2.40 bits per heavy atom. The van der Waals surface area contributed by atoms with E-state index in [9.17, 15) is 0 Å². The summed E-state index contributed by atoms with van der Waals surface area (Å²) in [5, 5.41) is 13.0. The minimum atomic E-state index is 0. The van der Waals surface area contributed by atoms with Crippen LogP contribution >= 0.6 is 24.0 Å². The molecule has 1 aromatic carbocycles. The van der Waals surface area contributed by atoms with E-state index < -0.39 is 0 Å². The third kappa shape index (κ3) is 5.38. The fourth-order valence-corrected chi connectivity index (χ4v) is 1.33. The van der Waals surface area contributed by atoms with E-state index in [1.54, 1.807) is 0 Å². The van der Waals surface area contributed by atoms with Crippen LogP contribution in [0, 0.1) is 0 Å².